The number of carboxylic acid groups (broad SMARTS) is 1. The van der Waals surface area contributed by atoms with Gasteiger partial charge in [0, 0.05) is 32.8 Å². The van der Waals surface area contributed by atoms with Crippen molar-refractivity contribution < 1.29 is 14.7 Å². The van der Waals surface area contributed by atoms with Gasteiger partial charge in [-0.2, -0.15) is 5.10 Å². The molecule has 1 aromatic rings. The largest absolute Gasteiger partial charge is 0.481 e. The summed E-state index contributed by atoms with van der Waals surface area (Å²) in [5.74, 6) is -0.753. The molecule has 6 heteroatoms. The molecule has 0 aliphatic carbocycles. The number of carbonyl (C=O) groups excluding carboxylic acids is 1. The quantitative estimate of drug-likeness (QED) is 0.901. The van der Waals surface area contributed by atoms with E-state index in [2.05, 4.69) is 5.10 Å². The van der Waals surface area contributed by atoms with Gasteiger partial charge in [0.25, 0.3) is 5.91 Å². The van der Waals surface area contributed by atoms with E-state index >= 15 is 0 Å². The third-order valence-electron chi connectivity index (χ3n) is 3.74. The molecule has 6 nitrogen and oxygen atoms in total. The number of carboxylic acids is 1. The molecule has 1 aromatic heterocycles. The summed E-state index contributed by atoms with van der Waals surface area (Å²) in [6.45, 7) is 3.21. The number of aliphatic carboxylic acids is 1. The van der Waals surface area contributed by atoms with Gasteiger partial charge < -0.3 is 10.0 Å². The van der Waals surface area contributed by atoms with Crippen molar-refractivity contribution in [1.29, 1.82) is 0 Å². The SMILES string of the molecule is CCc1nn(C)cc1C(=O)N1CCCC(CC(=O)O)C1. The van der Waals surface area contributed by atoms with E-state index < -0.39 is 5.97 Å². The molecule has 0 aromatic carbocycles. The maximum atomic E-state index is 12.5. The van der Waals surface area contributed by atoms with Crippen LogP contribution < -0.4 is 0 Å². The van der Waals surface area contributed by atoms with E-state index in [9.17, 15) is 9.59 Å². The third kappa shape index (κ3) is 3.18. The van der Waals surface area contributed by atoms with Crippen LogP contribution >= 0.6 is 0 Å². The van der Waals surface area contributed by atoms with Crippen LogP contribution in [0.3, 0.4) is 0 Å². The molecule has 1 saturated heterocycles. The molecule has 2 heterocycles. The highest BCUT2D eigenvalue weighted by atomic mass is 16.4. The van der Waals surface area contributed by atoms with Gasteiger partial charge in [-0.15, -0.1) is 0 Å². The zero-order valence-corrected chi connectivity index (χ0v) is 12.0. The number of rotatable bonds is 4. The molecule has 1 aliphatic heterocycles. The van der Waals surface area contributed by atoms with Crippen LogP contribution in [0, 0.1) is 5.92 Å². The highest BCUT2D eigenvalue weighted by Gasteiger charge is 2.27. The summed E-state index contributed by atoms with van der Waals surface area (Å²) in [7, 11) is 1.80. The monoisotopic (exact) mass is 279 g/mol. The Kier molecular flexibility index (Phi) is 4.42. The fourth-order valence-electron chi connectivity index (χ4n) is 2.81. The molecule has 1 amide bonds. The zero-order chi connectivity index (χ0) is 14.7. The summed E-state index contributed by atoms with van der Waals surface area (Å²) in [5.41, 5.74) is 1.45. The molecule has 1 N–H and O–H groups in total. The number of piperidine rings is 1. The maximum Gasteiger partial charge on any atom is 0.303 e. The molecule has 0 bridgehead atoms. The molecule has 0 radical (unpaired) electrons. The highest BCUT2D eigenvalue weighted by Crippen LogP contribution is 2.22. The topological polar surface area (TPSA) is 75.4 Å². The fourth-order valence-corrected chi connectivity index (χ4v) is 2.81. The number of aromatic nitrogens is 2. The Hall–Kier alpha value is -1.85. The van der Waals surface area contributed by atoms with Gasteiger partial charge in [0.2, 0.25) is 0 Å². The number of amides is 1. The fraction of sp³-hybridized carbons (Fsp3) is 0.643. The van der Waals surface area contributed by atoms with Crippen LogP contribution in [0.25, 0.3) is 0 Å². The van der Waals surface area contributed by atoms with Crippen LogP contribution in [0.15, 0.2) is 6.20 Å². The Balaban J connectivity index is 2.10. The minimum atomic E-state index is -0.792. The number of hydrogen-bond donors (Lipinski definition) is 1. The molecule has 1 unspecified atom stereocenters. The van der Waals surface area contributed by atoms with Gasteiger partial charge in [0.1, 0.15) is 0 Å². The van der Waals surface area contributed by atoms with Crippen LogP contribution in [0.1, 0.15) is 42.2 Å². The van der Waals surface area contributed by atoms with Gasteiger partial charge in [0.05, 0.1) is 11.3 Å². The Bertz CT molecular complexity index is 510. The molecule has 110 valence electrons. The van der Waals surface area contributed by atoms with Gasteiger partial charge in [-0.1, -0.05) is 6.92 Å². The summed E-state index contributed by atoms with van der Waals surface area (Å²) < 4.78 is 1.66. The van der Waals surface area contributed by atoms with Crippen molar-refractivity contribution in [2.45, 2.75) is 32.6 Å². The lowest BCUT2D eigenvalue weighted by molar-refractivity contribution is -0.138. The number of likely N-dealkylation sites (tertiary alicyclic amines) is 1. The lowest BCUT2D eigenvalue weighted by atomic mass is 9.94. The number of aryl methyl sites for hydroxylation is 2. The molecule has 0 spiro atoms. The van der Waals surface area contributed by atoms with Crippen LogP contribution in [0.5, 0.6) is 0 Å². The summed E-state index contributed by atoms with van der Waals surface area (Å²) in [5, 5.41) is 13.2. The van der Waals surface area contributed by atoms with E-state index in [1.807, 2.05) is 6.92 Å². The minimum absolute atomic E-state index is 0.0231. The van der Waals surface area contributed by atoms with Crippen molar-refractivity contribution in [2.75, 3.05) is 13.1 Å². The first-order valence-corrected chi connectivity index (χ1v) is 7.04. The molecular formula is C14H21N3O3. The average Bonchev–Trinajstić information content (AvgIpc) is 2.78. The molecule has 20 heavy (non-hydrogen) atoms. The first kappa shape index (κ1) is 14.6. The molecule has 1 atom stereocenters. The summed E-state index contributed by atoms with van der Waals surface area (Å²) in [4.78, 5) is 25.1. The molecule has 0 saturated carbocycles. The number of hydrogen-bond acceptors (Lipinski definition) is 3. The van der Waals surface area contributed by atoms with E-state index in [0.717, 1.165) is 18.5 Å². The first-order valence-electron chi connectivity index (χ1n) is 7.04. The van der Waals surface area contributed by atoms with E-state index in [4.69, 9.17) is 5.11 Å². The number of carbonyl (C=O) groups is 2. The van der Waals surface area contributed by atoms with Gasteiger partial charge in [0.15, 0.2) is 0 Å². The molecule has 1 aliphatic rings. The van der Waals surface area contributed by atoms with Crippen molar-refractivity contribution in [2.24, 2.45) is 13.0 Å². The number of nitrogens with zero attached hydrogens (tertiary/aromatic N) is 3. The van der Waals surface area contributed by atoms with Gasteiger partial charge in [-0.3, -0.25) is 14.3 Å². The van der Waals surface area contributed by atoms with Crippen LogP contribution in [-0.4, -0.2) is 44.8 Å². The van der Waals surface area contributed by atoms with Crippen LogP contribution in [0.2, 0.25) is 0 Å². The second kappa shape index (κ2) is 6.07. The predicted molar refractivity (Wildman–Crippen MR) is 73.5 cm³/mol. The van der Waals surface area contributed by atoms with Crippen molar-refractivity contribution >= 4 is 11.9 Å². The Labute approximate surface area is 118 Å². The van der Waals surface area contributed by atoms with Crippen molar-refractivity contribution in [3.8, 4) is 0 Å². The average molecular weight is 279 g/mol. The van der Waals surface area contributed by atoms with Crippen LogP contribution in [0.4, 0.5) is 0 Å². The lowest BCUT2D eigenvalue weighted by Crippen LogP contribution is -2.40. The Morgan fingerprint density at radius 3 is 2.90 bits per heavy atom. The standard InChI is InChI=1S/C14H21N3O3/c1-3-12-11(9-16(2)15-12)14(20)17-6-4-5-10(8-17)7-13(18)19/h9-10H,3-8H2,1-2H3,(H,18,19). The van der Waals surface area contributed by atoms with Gasteiger partial charge in [-0.25, -0.2) is 0 Å². The zero-order valence-electron chi connectivity index (χ0n) is 12.0. The summed E-state index contributed by atoms with van der Waals surface area (Å²) in [6, 6.07) is 0. The highest BCUT2D eigenvalue weighted by molar-refractivity contribution is 5.95. The van der Waals surface area contributed by atoms with E-state index in [1.54, 1.807) is 22.8 Å². The third-order valence-corrected chi connectivity index (χ3v) is 3.74. The second-order valence-corrected chi connectivity index (χ2v) is 5.37. The van der Waals surface area contributed by atoms with Crippen molar-refractivity contribution in [1.82, 2.24) is 14.7 Å². The van der Waals surface area contributed by atoms with Crippen molar-refractivity contribution in [3.63, 3.8) is 0 Å². The summed E-state index contributed by atoms with van der Waals surface area (Å²) >= 11 is 0. The maximum absolute atomic E-state index is 12.5. The van der Waals surface area contributed by atoms with E-state index in [-0.39, 0.29) is 18.2 Å². The van der Waals surface area contributed by atoms with Crippen molar-refractivity contribution in [3.05, 3.63) is 17.5 Å². The van der Waals surface area contributed by atoms with E-state index in [1.165, 1.54) is 0 Å². The van der Waals surface area contributed by atoms with Gasteiger partial charge >= 0.3 is 5.97 Å². The van der Waals surface area contributed by atoms with Crippen LogP contribution in [-0.2, 0) is 18.3 Å². The van der Waals surface area contributed by atoms with Gasteiger partial charge in [-0.05, 0) is 25.2 Å². The Morgan fingerprint density at radius 1 is 1.50 bits per heavy atom. The normalized spacial score (nSPS) is 19.1. The molecule has 1 fully saturated rings. The lowest BCUT2D eigenvalue weighted by Gasteiger charge is -2.32. The summed E-state index contributed by atoms with van der Waals surface area (Å²) in [6.07, 6.45) is 4.35. The van der Waals surface area contributed by atoms with E-state index in [0.29, 0.717) is 25.1 Å². The smallest absolute Gasteiger partial charge is 0.303 e. The minimum Gasteiger partial charge on any atom is -0.481 e. The second-order valence-electron chi connectivity index (χ2n) is 5.37. The Morgan fingerprint density at radius 2 is 2.25 bits per heavy atom. The molecule has 2 rings (SSSR count). The predicted octanol–water partition coefficient (Wildman–Crippen LogP) is 1.31. The molecular weight excluding hydrogens is 258 g/mol. The first-order chi connectivity index (χ1) is 9.51.